The lowest BCUT2D eigenvalue weighted by Crippen LogP contribution is -2.45. The molecular weight excluding hydrogens is 1140 g/mol. The van der Waals surface area contributed by atoms with Crippen LogP contribution in [0.1, 0.15) is 116 Å². The van der Waals surface area contributed by atoms with E-state index in [0.717, 1.165) is 12.1 Å². The topological polar surface area (TPSA) is 206 Å². The van der Waals surface area contributed by atoms with Crippen molar-refractivity contribution in [3.05, 3.63) is 163 Å². The summed E-state index contributed by atoms with van der Waals surface area (Å²) >= 11 is 24.5. The van der Waals surface area contributed by atoms with Crippen LogP contribution in [0, 0.1) is 56.8 Å². The molecule has 2 aromatic heterocycles. The Hall–Kier alpha value is -6.06. The van der Waals surface area contributed by atoms with E-state index in [1.807, 2.05) is 41.5 Å². The number of benzene rings is 4. The van der Waals surface area contributed by atoms with Gasteiger partial charge in [-0.3, -0.25) is 19.0 Å². The summed E-state index contributed by atoms with van der Waals surface area (Å²) in [4.78, 5) is 27.8. The first-order valence-corrected chi connectivity index (χ1v) is 27.9. The number of hydrogen-bond acceptors (Lipinski definition) is 10. The Balaban J connectivity index is 0.000000236. The van der Waals surface area contributed by atoms with Crippen molar-refractivity contribution in [3.63, 3.8) is 0 Å². The van der Waals surface area contributed by atoms with Gasteiger partial charge < -0.3 is 31.5 Å². The van der Waals surface area contributed by atoms with Gasteiger partial charge >= 0.3 is 0 Å². The molecule has 8 atom stereocenters. The molecule has 6 aromatic rings. The molecule has 8 rings (SSSR count). The molecule has 0 radical (unpaired) electrons. The zero-order chi connectivity index (χ0) is 60.7. The number of halogens is 8. The Kier molecular flexibility index (Phi) is 18.8. The monoisotopic (exact) mass is 1210 g/mol. The molecule has 22 heteroatoms. The maximum atomic E-state index is 15.7. The Morgan fingerprint density at radius 2 is 0.951 bits per heavy atom. The lowest BCUT2D eigenvalue weighted by molar-refractivity contribution is -0.119. The summed E-state index contributed by atoms with van der Waals surface area (Å²) in [5.41, 5.74) is -6.24. The number of nitrogens with one attached hydrogen (secondary N) is 4. The molecule has 2 amide bonds. The molecule has 2 saturated heterocycles. The Labute approximate surface area is 495 Å². The maximum Gasteiger partial charge on any atom is 0.243 e. The van der Waals surface area contributed by atoms with Crippen LogP contribution in [0.4, 0.5) is 29.2 Å². The third kappa shape index (κ3) is 13.9. The highest BCUT2D eigenvalue weighted by Crippen LogP contribution is 2.55. The predicted molar refractivity (Wildman–Crippen MR) is 310 cm³/mol. The molecule has 0 spiro atoms. The molecule has 436 valence electrons. The highest BCUT2D eigenvalue weighted by molar-refractivity contribution is 6.31. The number of carbonyl (C=O) groups is 2. The molecule has 4 aromatic carbocycles. The lowest BCUT2D eigenvalue weighted by atomic mass is 9.62. The average Bonchev–Trinajstić information content (AvgIpc) is 2.55. The minimum absolute atomic E-state index is 0.000260. The molecule has 4 heterocycles. The van der Waals surface area contributed by atoms with Crippen LogP contribution in [0.25, 0.3) is 0 Å². The van der Waals surface area contributed by atoms with Crippen LogP contribution in [0.3, 0.4) is 0 Å². The third-order valence-corrected chi connectivity index (χ3v) is 15.4. The minimum Gasteiger partial charge on any atom is -0.389 e. The standard InChI is InChI=1S/2C30H33Cl2F2N5O2/c2*1-28(2,3)14-22-30(15-35,19-10-9-17(31)13-21(19)33)24(18-7-6-8-20(32)25(18)34)26(36-22)27(40)37-23-11-12-39(38-23)16-29(4,5)41/h2*6-13,22,24,26,36,41H,14,16H2,1-5H3,(H,37,38,40)/t2*22-,24-,26+,30-/m10/s1. The number of nitriles is 2. The summed E-state index contributed by atoms with van der Waals surface area (Å²) in [6.07, 6.45) is 3.92. The van der Waals surface area contributed by atoms with Crippen molar-refractivity contribution in [1.82, 2.24) is 30.2 Å². The van der Waals surface area contributed by atoms with Crippen LogP contribution in [0.2, 0.25) is 20.1 Å². The van der Waals surface area contributed by atoms with E-state index in [2.05, 4.69) is 43.6 Å². The van der Waals surface area contributed by atoms with Crippen LogP contribution in [0.5, 0.6) is 0 Å². The zero-order valence-electron chi connectivity index (χ0n) is 46.9. The van der Waals surface area contributed by atoms with Gasteiger partial charge in [0.25, 0.3) is 0 Å². The van der Waals surface area contributed by atoms with Gasteiger partial charge in [-0.1, -0.05) is 124 Å². The van der Waals surface area contributed by atoms with Crippen LogP contribution in [-0.2, 0) is 33.5 Å². The minimum atomic E-state index is -1.73. The van der Waals surface area contributed by atoms with Gasteiger partial charge in [0.15, 0.2) is 11.6 Å². The highest BCUT2D eigenvalue weighted by Gasteiger charge is 2.63. The summed E-state index contributed by atoms with van der Waals surface area (Å²) in [7, 11) is 0. The smallest absolute Gasteiger partial charge is 0.243 e. The van der Waals surface area contributed by atoms with Crippen molar-refractivity contribution in [2.75, 3.05) is 10.6 Å². The van der Waals surface area contributed by atoms with E-state index >= 15 is 17.6 Å². The summed E-state index contributed by atoms with van der Waals surface area (Å²) in [6.45, 7) is 18.7. The second-order valence-corrected chi connectivity index (χ2v) is 26.5. The normalized spacial score (nSPS) is 22.9. The van der Waals surface area contributed by atoms with Gasteiger partial charge in [0, 0.05) is 69.6 Å². The fraction of sp³-hybridized carbons (Fsp3) is 0.433. The molecular formula is C60H66Cl4F4N10O4. The molecule has 0 saturated carbocycles. The molecule has 2 aliphatic heterocycles. The van der Waals surface area contributed by atoms with Gasteiger partial charge in [0.05, 0.1) is 58.6 Å². The van der Waals surface area contributed by atoms with Crippen LogP contribution in [-0.4, -0.2) is 77.0 Å². The number of rotatable bonds is 14. The summed E-state index contributed by atoms with van der Waals surface area (Å²) < 4.78 is 65.9. The van der Waals surface area contributed by atoms with Gasteiger partial charge in [-0.2, -0.15) is 20.7 Å². The van der Waals surface area contributed by atoms with E-state index in [9.17, 15) is 30.3 Å². The molecule has 82 heavy (non-hydrogen) atoms. The predicted octanol–water partition coefficient (Wildman–Crippen LogP) is 12.4. The van der Waals surface area contributed by atoms with Crippen molar-refractivity contribution in [2.24, 2.45) is 10.8 Å². The van der Waals surface area contributed by atoms with Crippen molar-refractivity contribution in [1.29, 1.82) is 10.5 Å². The number of nitrogens with zero attached hydrogens (tertiary/aromatic N) is 6. The van der Waals surface area contributed by atoms with Gasteiger partial charge in [0.2, 0.25) is 11.8 Å². The second kappa shape index (κ2) is 24.3. The number of carbonyl (C=O) groups excluding carboxylic acids is 2. The quantitative estimate of drug-likeness (QED) is 0.0569. The van der Waals surface area contributed by atoms with Crippen LogP contribution < -0.4 is 21.3 Å². The van der Waals surface area contributed by atoms with E-state index in [4.69, 9.17) is 46.4 Å². The Morgan fingerprint density at radius 3 is 1.26 bits per heavy atom. The summed E-state index contributed by atoms with van der Waals surface area (Å²) in [5, 5.41) is 62.6. The fourth-order valence-corrected chi connectivity index (χ4v) is 12.0. The second-order valence-electron chi connectivity index (χ2n) is 24.8. The first kappa shape index (κ1) is 63.5. The summed E-state index contributed by atoms with van der Waals surface area (Å²) in [5.74, 6) is -6.21. The SMILES string of the molecule is CC(C)(C)C[C@@H]1N[C@@H](C(=O)Nc2ccn(CC(C)(C)O)n2)[C@H](c2cccc(Cl)c2F)[C@@]1(C#N)c1ccc(Cl)cc1F.CC(C)(C)C[C@H]1N[C@H](C(=O)Nc2ccn(CC(C)(C)O)n2)[C@@H](c2cccc(Cl)c2F)[C@]1(C#N)c1ccc(Cl)cc1F. The number of anilines is 2. The molecule has 0 aliphatic carbocycles. The van der Waals surface area contributed by atoms with E-state index in [1.165, 1.54) is 70.0 Å². The fourth-order valence-electron chi connectivity index (χ4n) is 11.3. The maximum absolute atomic E-state index is 15.7. The van der Waals surface area contributed by atoms with Crippen molar-refractivity contribution < 1.29 is 37.4 Å². The number of aromatic nitrogens is 4. The van der Waals surface area contributed by atoms with Crippen molar-refractivity contribution in [2.45, 2.75) is 153 Å². The van der Waals surface area contributed by atoms with Crippen molar-refractivity contribution >= 4 is 69.9 Å². The molecule has 14 nitrogen and oxygen atoms in total. The summed E-state index contributed by atoms with van der Waals surface area (Å²) in [6, 6.07) is 20.6. The largest absolute Gasteiger partial charge is 0.389 e. The Bertz CT molecular complexity index is 3210. The van der Waals surface area contributed by atoms with Gasteiger partial charge in [-0.05, 0) is 98.9 Å². The molecule has 2 fully saturated rings. The van der Waals surface area contributed by atoms with Gasteiger partial charge in [-0.15, -0.1) is 0 Å². The van der Waals surface area contributed by atoms with E-state index < -0.39 is 93.1 Å². The van der Waals surface area contributed by atoms with Crippen LogP contribution in [0.15, 0.2) is 97.3 Å². The van der Waals surface area contributed by atoms with E-state index in [0.29, 0.717) is 12.8 Å². The molecule has 0 unspecified atom stereocenters. The zero-order valence-corrected chi connectivity index (χ0v) is 50.0. The van der Waals surface area contributed by atoms with Gasteiger partial charge in [0.1, 0.15) is 34.1 Å². The number of amides is 2. The first-order chi connectivity index (χ1) is 38.1. The lowest BCUT2D eigenvalue weighted by Gasteiger charge is -2.37. The van der Waals surface area contributed by atoms with E-state index in [1.54, 1.807) is 52.2 Å². The molecule has 2 aliphatic rings. The average molecular weight is 1210 g/mol. The third-order valence-electron chi connectivity index (χ3n) is 14.3. The van der Waals surface area contributed by atoms with Crippen molar-refractivity contribution in [3.8, 4) is 12.1 Å². The molecule has 6 N–H and O–H groups in total. The van der Waals surface area contributed by atoms with Gasteiger partial charge in [-0.25, -0.2) is 17.6 Å². The number of aliphatic hydroxyl groups is 2. The molecule has 0 bridgehead atoms. The Morgan fingerprint density at radius 1 is 0.598 bits per heavy atom. The number of hydrogen-bond donors (Lipinski definition) is 6. The highest BCUT2D eigenvalue weighted by atomic mass is 35.5. The van der Waals surface area contributed by atoms with E-state index in [-0.39, 0.29) is 77.9 Å². The first-order valence-electron chi connectivity index (χ1n) is 26.4. The van der Waals surface area contributed by atoms with Crippen LogP contribution >= 0.6 is 46.4 Å².